The van der Waals surface area contributed by atoms with Gasteiger partial charge in [-0.2, -0.15) is 0 Å². The van der Waals surface area contributed by atoms with Gasteiger partial charge in [0.1, 0.15) is 0 Å². The topological polar surface area (TPSA) is 108 Å². The van der Waals surface area contributed by atoms with Gasteiger partial charge in [0, 0.05) is 35.7 Å². The van der Waals surface area contributed by atoms with E-state index in [2.05, 4.69) is 47.4 Å². The van der Waals surface area contributed by atoms with Crippen LogP contribution in [-0.4, -0.2) is 65.4 Å². The second-order valence-corrected chi connectivity index (χ2v) is 7.23. The number of aromatic nitrogens is 1. The van der Waals surface area contributed by atoms with Crippen molar-refractivity contribution in [1.82, 2.24) is 14.8 Å². The number of fused-ring (bicyclic) bond motifs is 2. The maximum absolute atomic E-state index is 11.5. The van der Waals surface area contributed by atoms with Gasteiger partial charge in [0.05, 0.1) is 13.1 Å². The number of hydrogen-bond donors (Lipinski definition) is 3. The van der Waals surface area contributed by atoms with Crippen LogP contribution in [0.5, 0.6) is 0 Å². The average Bonchev–Trinajstić information content (AvgIpc) is 2.99. The summed E-state index contributed by atoms with van der Waals surface area (Å²) in [7, 11) is 2.08. The molecule has 2 aromatic rings. The first-order valence-electron chi connectivity index (χ1n) is 8.76. The van der Waals surface area contributed by atoms with Gasteiger partial charge in [-0.05, 0) is 36.2 Å². The fourth-order valence-corrected chi connectivity index (χ4v) is 4.34. The quantitative estimate of drug-likeness (QED) is 0.706. The number of nitrogens with two attached hydrogens (primary N) is 2. The Balaban J connectivity index is 1.77. The van der Waals surface area contributed by atoms with Crippen molar-refractivity contribution >= 4 is 28.3 Å². The molecule has 1 aliphatic carbocycles. The maximum Gasteiger partial charge on any atom is 0.231 e. The van der Waals surface area contributed by atoms with Crippen molar-refractivity contribution in [3.63, 3.8) is 0 Å². The molecule has 0 bridgehead atoms. The lowest BCUT2D eigenvalue weighted by Crippen LogP contribution is -2.53. The van der Waals surface area contributed by atoms with E-state index in [0.29, 0.717) is 6.54 Å². The third kappa shape index (κ3) is 2.79. The summed E-state index contributed by atoms with van der Waals surface area (Å²) in [5.74, 6) is -0.929. The summed E-state index contributed by atoms with van der Waals surface area (Å²) in [6.07, 6.45) is 5.22. The van der Waals surface area contributed by atoms with Crippen LogP contribution in [-0.2, 0) is 16.0 Å². The molecule has 0 fully saturated rings. The lowest BCUT2D eigenvalue weighted by Gasteiger charge is -2.42. The zero-order chi connectivity index (χ0) is 18.4. The molecule has 0 radical (unpaired) electrons. The van der Waals surface area contributed by atoms with Gasteiger partial charge in [-0.15, -0.1) is 0 Å². The Hall–Kier alpha value is -2.64. The Morgan fingerprint density at radius 2 is 2.00 bits per heavy atom. The second-order valence-electron chi connectivity index (χ2n) is 7.23. The number of hydrogen-bond acceptors (Lipinski definition) is 4. The zero-order valence-electron chi connectivity index (χ0n) is 14.7. The molecule has 1 aliphatic heterocycles. The van der Waals surface area contributed by atoms with Gasteiger partial charge in [0.25, 0.3) is 0 Å². The van der Waals surface area contributed by atoms with E-state index in [4.69, 9.17) is 11.5 Å². The highest BCUT2D eigenvalue weighted by Gasteiger charge is 2.35. The van der Waals surface area contributed by atoms with Crippen LogP contribution in [0.15, 0.2) is 30.5 Å². The number of amides is 2. The van der Waals surface area contributed by atoms with E-state index in [1.54, 1.807) is 4.90 Å². The van der Waals surface area contributed by atoms with Crippen LogP contribution in [0, 0.1) is 0 Å². The number of primary amides is 2. The SMILES string of the molecule is CN1C[C@H](N(CC(N)=O)CC(N)=O)C=C2c3cccc4[nH]cc(c34)C[C@H]21. The Bertz CT molecular complexity index is 900. The zero-order valence-corrected chi connectivity index (χ0v) is 14.7. The van der Waals surface area contributed by atoms with Crippen molar-refractivity contribution in [2.24, 2.45) is 11.5 Å². The van der Waals surface area contributed by atoms with E-state index >= 15 is 0 Å². The molecule has 0 spiro atoms. The van der Waals surface area contributed by atoms with Gasteiger partial charge < -0.3 is 16.5 Å². The van der Waals surface area contributed by atoms with Crippen molar-refractivity contribution in [3.05, 3.63) is 41.6 Å². The fourth-order valence-electron chi connectivity index (χ4n) is 4.34. The summed E-state index contributed by atoms with van der Waals surface area (Å²) in [6, 6.07) is 6.46. The summed E-state index contributed by atoms with van der Waals surface area (Å²) >= 11 is 0. The number of nitrogens with one attached hydrogen (secondary N) is 1. The van der Waals surface area contributed by atoms with Gasteiger partial charge >= 0.3 is 0 Å². The number of benzene rings is 1. The molecule has 0 saturated heterocycles. The van der Waals surface area contributed by atoms with Gasteiger partial charge in [-0.3, -0.25) is 19.4 Å². The van der Waals surface area contributed by atoms with E-state index in [1.165, 1.54) is 22.1 Å². The van der Waals surface area contributed by atoms with Crippen LogP contribution >= 0.6 is 0 Å². The molecule has 7 nitrogen and oxygen atoms in total. The highest BCUT2D eigenvalue weighted by Crippen LogP contribution is 2.40. The van der Waals surface area contributed by atoms with E-state index in [1.807, 2.05) is 0 Å². The van der Waals surface area contributed by atoms with Crippen LogP contribution < -0.4 is 11.5 Å². The van der Waals surface area contributed by atoms with E-state index < -0.39 is 11.8 Å². The molecule has 2 atom stereocenters. The molecule has 2 heterocycles. The lowest BCUT2D eigenvalue weighted by atomic mass is 9.81. The van der Waals surface area contributed by atoms with Gasteiger partial charge in [0.2, 0.25) is 11.8 Å². The third-order valence-electron chi connectivity index (χ3n) is 5.44. The van der Waals surface area contributed by atoms with Crippen molar-refractivity contribution < 1.29 is 9.59 Å². The Labute approximate surface area is 151 Å². The molecule has 0 unspecified atom stereocenters. The predicted octanol–water partition coefficient (Wildman–Crippen LogP) is 0.0626. The van der Waals surface area contributed by atoms with Crippen LogP contribution in [0.3, 0.4) is 0 Å². The largest absolute Gasteiger partial charge is 0.369 e. The number of rotatable bonds is 5. The number of carbonyl (C=O) groups is 2. The molecular formula is C19H23N5O2. The van der Waals surface area contributed by atoms with E-state index in [9.17, 15) is 9.59 Å². The molecule has 7 heteroatoms. The van der Waals surface area contributed by atoms with Crippen LogP contribution in [0.2, 0.25) is 0 Å². The number of nitrogens with zero attached hydrogens (tertiary/aromatic N) is 2. The van der Waals surface area contributed by atoms with Crippen LogP contribution in [0.25, 0.3) is 16.5 Å². The molecule has 26 heavy (non-hydrogen) atoms. The first-order valence-corrected chi connectivity index (χ1v) is 8.76. The number of likely N-dealkylation sites (N-methyl/N-ethyl adjacent to an activating group) is 1. The Morgan fingerprint density at radius 1 is 1.27 bits per heavy atom. The van der Waals surface area contributed by atoms with E-state index in [-0.39, 0.29) is 25.2 Å². The standard InChI is InChI=1S/C19H23N5O2/c1-23-8-12(24(9-17(20)25)10-18(21)26)6-14-13-3-2-4-15-19(13)11(7-22-15)5-16(14)23/h2-4,6-7,12,16,22H,5,8-10H2,1H3,(H2,20,25)(H2,21,26)/t12-,16-/m1/s1. The molecule has 1 aromatic carbocycles. The van der Waals surface area contributed by atoms with E-state index in [0.717, 1.165) is 11.9 Å². The summed E-state index contributed by atoms with van der Waals surface area (Å²) in [5, 5.41) is 1.26. The molecule has 1 aromatic heterocycles. The first kappa shape index (κ1) is 16.8. The monoisotopic (exact) mass is 353 g/mol. The smallest absolute Gasteiger partial charge is 0.231 e. The van der Waals surface area contributed by atoms with Crippen molar-refractivity contribution in [1.29, 1.82) is 0 Å². The first-order chi connectivity index (χ1) is 12.4. The molecule has 2 amide bonds. The Morgan fingerprint density at radius 3 is 2.69 bits per heavy atom. The second kappa shape index (κ2) is 6.26. The van der Waals surface area contributed by atoms with Gasteiger partial charge in [0.15, 0.2) is 0 Å². The third-order valence-corrected chi connectivity index (χ3v) is 5.44. The molecular weight excluding hydrogens is 330 g/mol. The fraction of sp³-hybridized carbons (Fsp3) is 0.368. The molecule has 2 aliphatic rings. The van der Waals surface area contributed by atoms with Gasteiger partial charge in [-0.1, -0.05) is 18.2 Å². The summed E-state index contributed by atoms with van der Waals surface area (Å²) in [6.45, 7) is 0.732. The average molecular weight is 353 g/mol. The molecule has 136 valence electrons. The minimum absolute atomic E-state index is 0.00942. The molecule has 4 rings (SSSR count). The number of H-pyrrole nitrogens is 1. The molecule has 5 N–H and O–H groups in total. The summed E-state index contributed by atoms with van der Waals surface area (Å²) < 4.78 is 0. The number of carbonyl (C=O) groups excluding carboxylic acids is 2. The highest BCUT2D eigenvalue weighted by atomic mass is 16.2. The molecule has 0 saturated carbocycles. The van der Waals surface area contributed by atoms with Crippen molar-refractivity contribution in [2.45, 2.75) is 18.5 Å². The number of aromatic amines is 1. The highest BCUT2D eigenvalue weighted by molar-refractivity contribution is 5.98. The maximum atomic E-state index is 11.5. The van der Waals surface area contributed by atoms with Crippen molar-refractivity contribution in [3.8, 4) is 0 Å². The van der Waals surface area contributed by atoms with Crippen LogP contribution in [0.1, 0.15) is 11.1 Å². The van der Waals surface area contributed by atoms with Crippen LogP contribution in [0.4, 0.5) is 0 Å². The lowest BCUT2D eigenvalue weighted by molar-refractivity contribution is -0.122. The van der Waals surface area contributed by atoms with Crippen molar-refractivity contribution in [2.75, 3.05) is 26.7 Å². The Kier molecular flexibility index (Phi) is 4.05. The summed E-state index contributed by atoms with van der Waals surface area (Å²) in [5.41, 5.74) is 15.7. The minimum atomic E-state index is -0.465. The predicted molar refractivity (Wildman–Crippen MR) is 100 cm³/mol. The summed E-state index contributed by atoms with van der Waals surface area (Å²) in [4.78, 5) is 30.3. The minimum Gasteiger partial charge on any atom is -0.369 e. The van der Waals surface area contributed by atoms with Gasteiger partial charge in [-0.25, -0.2) is 0 Å². The normalized spacial score (nSPS) is 22.3.